The van der Waals surface area contributed by atoms with Crippen LogP contribution in [0.25, 0.3) is 10.2 Å². The number of nitrogens with zero attached hydrogens (tertiary/aromatic N) is 2. The number of benzene rings is 1. The summed E-state index contributed by atoms with van der Waals surface area (Å²) >= 11 is 2.48. The van der Waals surface area contributed by atoms with Gasteiger partial charge in [0.25, 0.3) is 5.56 Å². The van der Waals surface area contributed by atoms with Crippen LogP contribution in [0.2, 0.25) is 0 Å². The summed E-state index contributed by atoms with van der Waals surface area (Å²) in [4.78, 5) is 41.2. The van der Waals surface area contributed by atoms with Crippen molar-refractivity contribution in [3.05, 3.63) is 51.1 Å². The first kappa shape index (κ1) is 20.1. The van der Waals surface area contributed by atoms with Gasteiger partial charge in [-0.1, -0.05) is 29.5 Å². The molecule has 0 fully saturated rings. The summed E-state index contributed by atoms with van der Waals surface area (Å²) in [6.07, 6.45) is 0. The Balaban J connectivity index is 1.63. The largest absolute Gasteiger partial charge is 0.325 e. The van der Waals surface area contributed by atoms with E-state index in [9.17, 15) is 14.4 Å². The van der Waals surface area contributed by atoms with Crippen molar-refractivity contribution in [3.8, 4) is 0 Å². The third-order valence-electron chi connectivity index (χ3n) is 4.06. The van der Waals surface area contributed by atoms with Gasteiger partial charge >= 0.3 is 6.03 Å². The fourth-order valence-electron chi connectivity index (χ4n) is 2.71. The van der Waals surface area contributed by atoms with E-state index < -0.39 is 11.9 Å². The second-order valence-electron chi connectivity index (χ2n) is 6.19. The van der Waals surface area contributed by atoms with E-state index in [0.717, 1.165) is 22.9 Å². The van der Waals surface area contributed by atoms with Crippen LogP contribution in [0.1, 0.15) is 18.1 Å². The zero-order valence-electron chi connectivity index (χ0n) is 15.7. The molecule has 0 spiro atoms. The van der Waals surface area contributed by atoms with Gasteiger partial charge in [0.1, 0.15) is 4.70 Å². The third kappa shape index (κ3) is 4.42. The molecule has 0 bridgehead atoms. The van der Waals surface area contributed by atoms with Gasteiger partial charge in [-0.2, -0.15) is 0 Å². The fourth-order valence-corrected chi connectivity index (χ4v) is 4.35. The van der Waals surface area contributed by atoms with Gasteiger partial charge in [-0.25, -0.2) is 9.78 Å². The normalized spacial score (nSPS) is 10.8. The van der Waals surface area contributed by atoms with Crippen molar-refractivity contribution in [1.29, 1.82) is 0 Å². The number of thiophene rings is 1. The Bertz CT molecular complexity index is 1100. The molecule has 1 aromatic carbocycles. The molecule has 0 aliphatic carbocycles. The SMILES string of the molecule is CCn1c(SCC(=O)NC(=O)Nc2ccc(C)cc2C)nc2ccsc2c1=O. The molecule has 0 aliphatic heterocycles. The Morgan fingerprint density at radius 3 is 2.75 bits per heavy atom. The van der Waals surface area contributed by atoms with Gasteiger partial charge in [-0.15, -0.1) is 11.3 Å². The number of urea groups is 1. The van der Waals surface area contributed by atoms with E-state index in [0.29, 0.717) is 27.6 Å². The smallest absolute Gasteiger partial charge is 0.307 e. The molecule has 0 unspecified atom stereocenters. The highest BCUT2D eigenvalue weighted by Crippen LogP contribution is 2.21. The highest BCUT2D eigenvalue weighted by molar-refractivity contribution is 7.99. The Morgan fingerprint density at radius 1 is 1.25 bits per heavy atom. The second kappa shape index (κ2) is 8.57. The predicted molar refractivity (Wildman–Crippen MR) is 113 cm³/mol. The number of anilines is 1. The minimum atomic E-state index is -0.591. The summed E-state index contributed by atoms with van der Waals surface area (Å²) in [5, 5.41) is 7.25. The molecule has 2 N–H and O–H groups in total. The molecule has 3 amide bonds. The van der Waals surface area contributed by atoms with Crippen LogP contribution >= 0.6 is 23.1 Å². The number of aryl methyl sites for hydroxylation is 2. The van der Waals surface area contributed by atoms with Gasteiger partial charge in [0.2, 0.25) is 5.91 Å². The van der Waals surface area contributed by atoms with E-state index in [4.69, 9.17) is 0 Å². The summed E-state index contributed by atoms with van der Waals surface area (Å²) in [6.45, 7) is 6.16. The minimum Gasteiger partial charge on any atom is -0.307 e. The first-order valence-corrected chi connectivity index (χ1v) is 10.5. The molecule has 28 heavy (non-hydrogen) atoms. The van der Waals surface area contributed by atoms with Crippen LogP contribution in [-0.4, -0.2) is 27.2 Å². The van der Waals surface area contributed by atoms with Crippen molar-refractivity contribution in [2.75, 3.05) is 11.1 Å². The van der Waals surface area contributed by atoms with Gasteiger partial charge in [0.15, 0.2) is 5.16 Å². The average molecular weight is 417 g/mol. The lowest BCUT2D eigenvalue weighted by Gasteiger charge is -2.11. The van der Waals surface area contributed by atoms with Crippen molar-refractivity contribution in [1.82, 2.24) is 14.9 Å². The van der Waals surface area contributed by atoms with Crippen molar-refractivity contribution in [2.45, 2.75) is 32.5 Å². The van der Waals surface area contributed by atoms with Gasteiger partial charge in [0.05, 0.1) is 11.3 Å². The molecular formula is C19H20N4O3S2. The van der Waals surface area contributed by atoms with Crippen LogP contribution in [0.3, 0.4) is 0 Å². The quantitative estimate of drug-likeness (QED) is 0.490. The maximum atomic E-state index is 12.5. The lowest BCUT2D eigenvalue weighted by atomic mass is 10.1. The monoisotopic (exact) mass is 416 g/mol. The van der Waals surface area contributed by atoms with Crippen LogP contribution < -0.4 is 16.2 Å². The molecular weight excluding hydrogens is 396 g/mol. The first-order valence-electron chi connectivity index (χ1n) is 8.68. The molecule has 0 radical (unpaired) electrons. The van der Waals surface area contributed by atoms with E-state index in [2.05, 4.69) is 15.6 Å². The predicted octanol–water partition coefficient (Wildman–Crippen LogP) is 3.54. The molecule has 0 atom stereocenters. The number of imide groups is 1. The van der Waals surface area contributed by atoms with Gasteiger partial charge in [-0.05, 0) is 43.8 Å². The number of hydrogen-bond donors (Lipinski definition) is 2. The number of aromatic nitrogens is 2. The van der Waals surface area contributed by atoms with Crippen LogP contribution in [0.15, 0.2) is 39.6 Å². The molecule has 2 heterocycles. The van der Waals surface area contributed by atoms with Crippen molar-refractivity contribution >= 4 is 50.9 Å². The van der Waals surface area contributed by atoms with Gasteiger partial charge in [-0.3, -0.25) is 19.5 Å². The minimum absolute atomic E-state index is 0.0254. The highest BCUT2D eigenvalue weighted by Gasteiger charge is 2.14. The molecule has 0 saturated heterocycles. The van der Waals surface area contributed by atoms with Crippen molar-refractivity contribution < 1.29 is 9.59 Å². The molecule has 7 nitrogen and oxygen atoms in total. The van der Waals surface area contributed by atoms with E-state index in [1.54, 1.807) is 12.1 Å². The number of amides is 3. The summed E-state index contributed by atoms with van der Waals surface area (Å²) in [5.41, 5.74) is 3.16. The summed E-state index contributed by atoms with van der Waals surface area (Å²) in [6, 6.07) is 6.82. The summed E-state index contributed by atoms with van der Waals surface area (Å²) in [7, 11) is 0. The standard InChI is InChI=1S/C19H20N4O3S2/c1-4-23-17(25)16-14(7-8-27-16)21-19(23)28-10-15(24)22-18(26)20-13-6-5-11(2)9-12(13)3/h5-9H,4,10H2,1-3H3,(H2,20,22,24,26). The van der Waals surface area contributed by atoms with Gasteiger partial charge in [0, 0.05) is 12.2 Å². The number of fused-ring (bicyclic) bond motifs is 1. The van der Waals surface area contributed by atoms with Crippen LogP contribution in [0, 0.1) is 13.8 Å². The third-order valence-corrected chi connectivity index (χ3v) is 5.93. The molecule has 3 rings (SSSR count). The summed E-state index contributed by atoms with van der Waals surface area (Å²) < 4.78 is 2.13. The lowest BCUT2D eigenvalue weighted by Crippen LogP contribution is -2.35. The number of hydrogen-bond acceptors (Lipinski definition) is 6. The topological polar surface area (TPSA) is 93.1 Å². The number of carbonyl (C=O) groups is 2. The van der Waals surface area contributed by atoms with Crippen molar-refractivity contribution in [3.63, 3.8) is 0 Å². The van der Waals surface area contributed by atoms with Crippen molar-refractivity contribution in [2.24, 2.45) is 0 Å². The Labute approximate surface area is 170 Å². The molecule has 3 aromatic rings. The number of rotatable bonds is 5. The molecule has 0 aliphatic rings. The van der Waals surface area contributed by atoms with E-state index in [-0.39, 0.29) is 11.3 Å². The first-order chi connectivity index (χ1) is 13.4. The zero-order valence-corrected chi connectivity index (χ0v) is 17.4. The highest BCUT2D eigenvalue weighted by atomic mass is 32.2. The average Bonchev–Trinajstić information content (AvgIpc) is 3.11. The number of nitrogens with one attached hydrogen (secondary N) is 2. The molecule has 2 aromatic heterocycles. The maximum absolute atomic E-state index is 12.5. The molecule has 146 valence electrons. The fraction of sp³-hybridized carbons (Fsp3) is 0.263. The Hall–Kier alpha value is -2.65. The Morgan fingerprint density at radius 2 is 2.04 bits per heavy atom. The van der Waals surface area contributed by atoms with E-state index in [1.165, 1.54) is 15.9 Å². The number of carbonyl (C=O) groups excluding carboxylic acids is 2. The Kier molecular flexibility index (Phi) is 6.15. The van der Waals surface area contributed by atoms with Crippen LogP contribution in [-0.2, 0) is 11.3 Å². The van der Waals surface area contributed by atoms with Crippen LogP contribution in [0.4, 0.5) is 10.5 Å². The zero-order chi connectivity index (χ0) is 20.3. The second-order valence-corrected chi connectivity index (χ2v) is 8.05. The number of thioether (sulfide) groups is 1. The lowest BCUT2D eigenvalue weighted by molar-refractivity contribution is -0.117. The van der Waals surface area contributed by atoms with Gasteiger partial charge < -0.3 is 5.32 Å². The molecule has 9 heteroatoms. The molecule has 0 saturated carbocycles. The maximum Gasteiger partial charge on any atom is 0.325 e. The van der Waals surface area contributed by atoms with E-state index in [1.807, 2.05) is 38.3 Å². The summed E-state index contributed by atoms with van der Waals surface area (Å²) in [5.74, 6) is -0.489. The van der Waals surface area contributed by atoms with E-state index >= 15 is 0 Å². The van der Waals surface area contributed by atoms with Crippen LogP contribution in [0.5, 0.6) is 0 Å².